The zero-order chi connectivity index (χ0) is 9.14. The molecule has 0 amide bonds. The molecule has 0 unspecified atom stereocenters. The van der Waals surface area contributed by atoms with Gasteiger partial charge in [-0.15, -0.1) is 0 Å². The average Bonchev–Trinajstić information content (AvgIpc) is 2.01. The molecule has 1 aromatic rings. The zero-order valence-corrected chi connectivity index (χ0v) is 8.09. The van der Waals surface area contributed by atoms with Gasteiger partial charge in [0.2, 0.25) is 0 Å². The highest BCUT2D eigenvalue weighted by molar-refractivity contribution is 5.30. The minimum absolute atomic E-state index is 0.476. The van der Waals surface area contributed by atoms with Gasteiger partial charge in [-0.05, 0) is 31.9 Å². The number of hydrogen-bond donors (Lipinski definition) is 1. The number of hydrogen-bond acceptors (Lipinski definition) is 1. The predicted octanol–water partition coefficient (Wildman–Crippen LogP) is 2.37. The van der Waals surface area contributed by atoms with E-state index < -0.39 is 0 Å². The Kier molecular flexibility index (Phi) is 2.88. The summed E-state index contributed by atoms with van der Waals surface area (Å²) in [6, 6.07) is 6.61. The van der Waals surface area contributed by atoms with E-state index in [-0.39, 0.29) is 0 Å². The van der Waals surface area contributed by atoms with Gasteiger partial charge in [0.1, 0.15) is 0 Å². The van der Waals surface area contributed by atoms with Gasteiger partial charge in [0.25, 0.3) is 0 Å². The number of nitrogens with two attached hydrogens (primary N) is 1. The number of benzene rings is 1. The first-order valence-electron chi connectivity index (χ1n) is 4.41. The van der Waals surface area contributed by atoms with Crippen molar-refractivity contribution in [1.82, 2.24) is 0 Å². The van der Waals surface area contributed by atoms with Crippen LogP contribution in [0.3, 0.4) is 0 Å². The zero-order valence-electron chi connectivity index (χ0n) is 8.09. The summed E-state index contributed by atoms with van der Waals surface area (Å²) in [6.07, 6.45) is 0. The van der Waals surface area contributed by atoms with E-state index >= 15 is 0 Å². The van der Waals surface area contributed by atoms with Gasteiger partial charge in [0.05, 0.1) is 0 Å². The third kappa shape index (κ3) is 2.08. The average molecular weight is 163 g/mol. The van der Waals surface area contributed by atoms with E-state index in [2.05, 4.69) is 39.0 Å². The second-order valence-corrected chi connectivity index (χ2v) is 3.56. The van der Waals surface area contributed by atoms with Crippen molar-refractivity contribution in [3.8, 4) is 0 Å². The Morgan fingerprint density at radius 2 is 1.67 bits per heavy atom. The van der Waals surface area contributed by atoms with E-state index in [1.165, 1.54) is 16.7 Å². The van der Waals surface area contributed by atoms with Gasteiger partial charge >= 0.3 is 0 Å². The van der Waals surface area contributed by atoms with E-state index in [1.54, 1.807) is 0 Å². The standard InChI is InChI=1S/C11H17N/c1-8-4-9(2)6-11(5-8)10(3)7-12/h4-6,10H,7,12H2,1-3H3/t10-/m0/s1. The number of aryl methyl sites for hydroxylation is 2. The second kappa shape index (κ2) is 3.72. The lowest BCUT2D eigenvalue weighted by Gasteiger charge is -2.10. The van der Waals surface area contributed by atoms with E-state index in [4.69, 9.17) is 5.73 Å². The molecule has 1 aromatic carbocycles. The minimum atomic E-state index is 0.476. The van der Waals surface area contributed by atoms with E-state index in [9.17, 15) is 0 Å². The van der Waals surface area contributed by atoms with Crippen LogP contribution in [-0.2, 0) is 0 Å². The van der Waals surface area contributed by atoms with Crippen LogP contribution in [0.15, 0.2) is 18.2 Å². The summed E-state index contributed by atoms with van der Waals surface area (Å²) in [5.74, 6) is 0.476. The van der Waals surface area contributed by atoms with Gasteiger partial charge < -0.3 is 5.73 Å². The van der Waals surface area contributed by atoms with Crippen molar-refractivity contribution < 1.29 is 0 Å². The van der Waals surface area contributed by atoms with Crippen molar-refractivity contribution >= 4 is 0 Å². The maximum atomic E-state index is 5.60. The second-order valence-electron chi connectivity index (χ2n) is 3.56. The molecule has 0 spiro atoms. The molecular formula is C11H17N. The van der Waals surface area contributed by atoms with E-state index in [0.717, 1.165) is 6.54 Å². The summed E-state index contributed by atoms with van der Waals surface area (Å²) >= 11 is 0. The molecule has 0 bridgehead atoms. The molecule has 1 atom stereocenters. The van der Waals surface area contributed by atoms with Gasteiger partial charge in [-0.2, -0.15) is 0 Å². The lowest BCUT2D eigenvalue weighted by Crippen LogP contribution is -2.09. The molecule has 0 aliphatic heterocycles. The van der Waals surface area contributed by atoms with Gasteiger partial charge in [-0.1, -0.05) is 36.2 Å². The van der Waals surface area contributed by atoms with Crippen molar-refractivity contribution in [2.45, 2.75) is 26.7 Å². The van der Waals surface area contributed by atoms with Crippen LogP contribution in [0.5, 0.6) is 0 Å². The molecule has 1 rings (SSSR count). The Morgan fingerprint density at radius 3 is 2.08 bits per heavy atom. The first-order chi connectivity index (χ1) is 5.63. The third-order valence-corrected chi connectivity index (χ3v) is 2.17. The molecule has 0 fully saturated rings. The van der Waals surface area contributed by atoms with Gasteiger partial charge in [0, 0.05) is 0 Å². The SMILES string of the molecule is Cc1cc(C)cc([C@@H](C)CN)c1. The molecule has 12 heavy (non-hydrogen) atoms. The third-order valence-electron chi connectivity index (χ3n) is 2.17. The van der Waals surface area contributed by atoms with E-state index in [0.29, 0.717) is 5.92 Å². The van der Waals surface area contributed by atoms with E-state index in [1.807, 2.05) is 0 Å². The fourth-order valence-electron chi connectivity index (χ4n) is 1.43. The molecule has 0 aliphatic rings. The molecule has 1 nitrogen and oxygen atoms in total. The van der Waals surface area contributed by atoms with Crippen LogP contribution in [0.1, 0.15) is 29.5 Å². The van der Waals surface area contributed by atoms with Crippen LogP contribution in [0.2, 0.25) is 0 Å². The fraction of sp³-hybridized carbons (Fsp3) is 0.455. The fourth-order valence-corrected chi connectivity index (χ4v) is 1.43. The lowest BCUT2D eigenvalue weighted by molar-refractivity contribution is 0.772. The normalized spacial score (nSPS) is 13.0. The Balaban J connectivity index is 3.00. The quantitative estimate of drug-likeness (QED) is 0.711. The molecule has 0 radical (unpaired) electrons. The molecule has 0 aliphatic carbocycles. The molecule has 2 N–H and O–H groups in total. The topological polar surface area (TPSA) is 26.0 Å². The first-order valence-corrected chi connectivity index (χ1v) is 4.41. The van der Waals surface area contributed by atoms with Crippen LogP contribution in [0, 0.1) is 13.8 Å². The Bertz CT molecular complexity index is 245. The minimum Gasteiger partial charge on any atom is -0.330 e. The molecular weight excluding hydrogens is 146 g/mol. The highest BCUT2D eigenvalue weighted by atomic mass is 14.5. The summed E-state index contributed by atoms with van der Waals surface area (Å²) in [7, 11) is 0. The van der Waals surface area contributed by atoms with Crippen molar-refractivity contribution in [3.05, 3.63) is 34.9 Å². The summed E-state index contributed by atoms with van der Waals surface area (Å²) in [5.41, 5.74) is 9.61. The molecule has 66 valence electrons. The molecule has 0 aromatic heterocycles. The monoisotopic (exact) mass is 163 g/mol. The van der Waals surface area contributed by atoms with Crippen LogP contribution < -0.4 is 5.73 Å². The summed E-state index contributed by atoms with van der Waals surface area (Å²) in [5, 5.41) is 0. The van der Waals surface area contributed by atoms with Crippen molar-refractivity contribution in [3.63, 3.8) is 0 Å². The van der Waals surface area contributed by atoms with Gasteiger partial charge in [-0.3, -0.25) is 0 Å². The molecule has 0 heterocycles. The van der Waals surface area contributed by atoms with Crippen molar-refractivity contribution in [2.75, 3.05) is 6.54 Å². The lowest BCUT2D eigenvalue weighted by atomic mass is 9.97. The smallest absolute Gasteiger partial charge is 0.00109 e. The molecule has 0 saturated carbocycles. The first kappa shape index (κ1) is 9.27. The molecule has 1 heteroatoms. The highest BCUT2D eigenvalue weighted by Gasteiger charge is 2.03. The largest absolute Gasteiger partial charge is 0.330 e. The highest BCUT2D eigenvalue weighted by Crippen LogP contribution is 2.17. The van der Waals surface area contributed by atoms with Crippen LogP contribution in [0.4, 0.5) is 0 Å². The Hall–Kier alpha value is -0.820. The van der Waals surface area contributed by atoms with Crippen LogP contribution in [0.25, 0.3) is 0 Å². The van der Waals surface area contributed by atoms with Crippen LogP contribution >= 0.6 is 0 Å². The van der Waals surface area contributed by atoms with Gasteiger partial charge in [-0.25, -0.2) is 0 Å². The summed E-state index contributed by atoms with van der Waals surface area (Å²) in [4.78, 5) is 0. The molecule has 0 saturated heterocycles. The maximum Gasteiger partial charge on any atom is -0.00109 e. The summed E-state index contributed by atoms with van der Waals surface area (Å²) in [6.45, 7) is 7.14. The maximum absolute atomic E-state index is 5.60. The Labute approximate surface area is 74.6 Å². The Morgan fingerprint density at radius 1 is 1.17 bits per heavy atom. The van der Waals surface area contributed by atoms with Crippen molar-refractivity contribution in [1.29, 1.82) is 0 Å². The predicted molar refractivity (Wildman–Crippen MR) is 53.4 cm³/mol. The number of rotatable bonds is 2. The van der Waals surface area contributed by atoms with Crippen molar-refractivity contribution in [2.24, 2.45) is 5.73 Å². The van der Waals surface area contributed by atoms with Gasteiger partial charge in [0.15, 0.2) is 0 Å². The summed E-state index contributed by atoms with van der Waals surface area (Å²) < 4.78 is 0. The van der Waals surface area contributed by atoms with Crippen LogP contribution in [-0.4, -0.2) is 6.54 Å².